The molecule has 1 aromatic rings. The molecule has 1 amide bonds. The lowest BCUT2D eigenvalue weighted by Crippen LogP contribution is -2.43. The Morgan fingerprint density at radius 2 is 2.14 bits per heavy atom. The number of nitrogens with one attached hydrogen (secondary N) is 1. The summed E-state index contributed by atoms with van der Waals surface area (Å²) in [6.45, 7) is 1.69. The zero-order valence-corrected chi connectivity index (χ0v) is 12.1. The van der Waals surface area contributed by atoms with Crippen molar-refractivity contribution in [1.82, 2.24) is 5.32 Å². The van der Waals surface area contributed by atoms with Gasteiger partial charge in [0.1, 0.15) is 0 Å². The second kappa shape index (κ2) is 7.93. The van der Waals surface area contributed by atoms with Crippen LogP contribution >= 0.6 is 0 Å². The van der Waals surface area contributed by atoms with E-state index in [9.17, 15) is 19.7 Å². The third-order valence-electron chi connectivity index (χ3n) is 2.65. The van der Waals surface area contributed by atoms with Crippen LogP contribution in [-0.4, -0.2) is 48.3 Å². The van der Waals surface area contributed by atoms with Gasteiger partial charge in [0.15, 0.2) is 11.8 Å². The van der Waals surface area contributed by atoms with E-state index < -0.39 is 22.8 Å². The highest BCUT2D eigenvalue weighted by Crippen LogP contribution is 2.27. The average molecular weight is 312 g/mol. The molecule has 1 atom stereocenters. The van der Waals surface area contributed by atoms with Crippen molar-refractivity contribution in [2.24, 2.45) is 0 Å². The van der Waals surface area contributed by atoms with Gasteiger partial charge < -0.3 is 19.9 Å². The van der Waals surface area contributed by atoms with E-state index in [2.05, 4.69) is 5.32 Å². The van der Waals surface area contributed by atoms with Crippen molar-refractivity contribution in [3.8, 4) is 5.75 Å². The largest absolute Gasteiger partial charge is 0.487 e. The Bertz CT molecular complexity index is 574. The summed E-state index contributed by atoms with van der Waals surface area (Å²) in [5.74, 6) is -1.98. The minimum atomic E-state index is -1.27. The van der Waals surface area contributed by atoms with E-state index in [1.165, 1.54) is 19.2 Å². The lowest BCUT2D eigenvalue weighted by atomic mass is 10.1. The van der Waals surface area contributed by atoms with Gasteiger partial charge in [-0.15, -0.1) is 0 Å². The highest BCUT2D eigenvalue weighted by molar-refractivity contribution is 5.97. The van der Waals surface area contributed by atoms with Crippen LogP contribution in [-0.2, 0) is 9.53 Å². The molecule has 9 nitrogen and oxygen atoms in total. The molecule has 0 heterocycles. The fourth-order valence-electron chi connectivity index (χ4n) is 1.66. The number of nitrogens with zero attached hydrogens (tertiary/aromatic N) is 1. The van der Waals surface area contributed by atoms with Crippen molar-refractivity contribution in [1.29, 1.82) is 0 Å². The van der Waals surface area contributed by atoms with E-state index in [4.69, 9.17) is 14.6 Å². The van der Waals surface area contributed by atoms with Gasteiger partial charge in [0, 0.05) is 18.7 Å². The molecule has 0 radical (unpaired) electrons. The molecule has 2 N–H and O–H groups in total. The Morgan fingerprint density at radius 3 is 2.64 bits per heavy atom. The summed E-state index contributed by atoms with van der Waals surface area (Å²) in [6.07, 6.45) is 0. The van der Waals surface area contributed by atoms with Gasteiger partial charge in [0.05, 0.1) is 18.1 Å². The first-order valence-corrected chi connectivity index (χ1v) is 6.34. The number of aliphatic carboxylic acids is 1. The van der Waals surface area contributed by atoms with Gasteiger partial charge >= 0.3 is 11.7 Å². The zero-order valence-electron chi connectivity index (χ0n) is 12.1. The lowest BCUT2D eigenvalue weighted by molar-refractivity contribution is -0.385. The highest BCUT2D eigenvalue weighted by Gasteiger charge is 2.23. The Kier molecular flexibility index (Phi) is 6.26. The van der Waals surface area contributed by atoms with Crippen molar-refractivity contribution >= 4 is 17.6 Å². The number of carboxylic acids is 1. The van der Waals surface area contributed by atoms with Gasteiger partial charge in [-0.3, -0.25) is 14.9 Å². The standard InChI is InChI=1S/C13H16N2O7/c1-3-22-11-5-4-8(6-10(11)15(19)20)12(16)14-9(7-21-2)13(17)18/h4-6,9H,3,7H2,1-2H3,(H,14,16)(H,17,18). The van der Waals surface area contributed by atoms with Crippen LogP contribution < -0.4 is 10.1 Å². The SMILES string of the molecule is CCOc1ccc(C(=O)NC(COC)C(=O)O)cc1[N+](=O)[O-]. The van der Waals surface area contributed by atoms with E-state index in [-0.39, 0.29) is 30.2 Å². The Hall–Kier alpha value is -2.68. The molecule has 0 saturated heterocycles. The van der Waals surface area contributed by atoms with Crippen LogP contribution in [0.3, 0.4) is 0 Å². The molecule has 0 fully saturated rings. The third-order valence-corrected chi connectivity index (χ3v) is 2.65. The van der Waals surface area contributed by atoms with Gasteiger partial charge in [0.2, 0.25) is 0 Å². The molecule has 0 aliphatic heterocycles. The summed E-state index contributed by atoms with van der Waals surface area (Å²) in [7, 11) is 1.30. The fraction of sp³-hybridized carbons (Fsp3) is 0.385. The number of amides is 1. The first-order chi connectivity index (χ1) is 10.4. The smallest absolute Gasteiger partial charge is 0.328 e. The molecule has 1 unspecified atom stereocenters. The molecule has 1 rings (SSSR count). The van der Waals surface area contributed by atoms with Crippen molar-refractivity contribution in [3.05, 3.63) is 33.9 Å². The monoisotopic (exact) mass is 312 g/mol. The van der Waals surface area contributed by atoms with Gasteiger partial charge in [-0.2, -0.15) is 0 Å². The van der Waals surface area contributed by atoms with Crippen LogP contribution in [0.15, 0.2) is 18.2 Å². The number of nitro groups is 1. The van der Waals surface area contributed by atoms with Crippen molar-refractivity contribution in [2.75, 3.05) is 20.3 Å². The molecule has 0 bridgehead atoms. The highest BCUT2D eigenvalue weighted by atomic mass is 16.6. The molecule has 120 valence electrons. The normalized spacial score (nSPS) is 11.5. The minimum absolute atomic E-state index is 0.0377. The molecular weight excluding hydrogens is 296 g/mol. The summed E-state index contributed by atoms with van der Waals surface area (Å²) < 4.78 is 9.79. The van der Waals surface area contributed by atoms with Gasteiger partial charge in [0.25, 0.3) is 5.91 Å². The van der Waals surface area contributed by atoms with E-state index in [1.54, 1.807) is 6.92 Å². The fourth-order valence-corrected chi connectivity index (χ4v) is 1.66. The number of carbonyl (C=O) groups excluding carboxylic acids is 1. The van der Waals surface area contributed by atoms with E-state index in [0.29, 0.717) is 0 Å². The predicted molar refractivity (Wildman–Crippen MR) is 75.0 cm³/mol. The average Bonchev–Trinajstić information content (AvgIpc) is 2.47. The molecule has 22 heavy (non-hydrogen) atoms. The number of ether oxygens (including phenoxy) is 2. The second-order valence-electron chi connectivity index (χ2n) is 4.19. The Labute approximate surface area is 126 Å². The summed E-state index contributed by atoms with van der Waals surface area (Å²) in [5, 5.41) is 22.1. The number of hydrogen-bond donors (Lipinski definition) is 2. The predicted octanol–water partition coefficient (Wildman–Crippen LogP) is 0.823. The van der Waals surface area contributed by atoms with Gasteiger partial charge in [-0.1, -0.05) is 0 Å². The maximum atomic E-state index is 12.0. The number of carboxylic acid groups (broad SMARTS) is 1. The molecule has 0 saturated carbocycles. The van der Waals surface area contributed by atoms with Crippen LogP contribution in [0.1, 0.15) is 17.3 Å². The van der Waals surface area contributed by atoms with E-state index in [0.717, 1.165) is 6.07 Å². The van der Waals surface area contributed by atoms with Crippen molar-refractivity contribution < 1.29 is 29.1 Å². The van der Waals surface area contributed by atoms with Crippen LogP contribution in [0.4, 0.5) is 5.69 Å². The molecule has 0 aliphatic carbocycles. The maximum absolute atomic E-state index is 12.0. The lowest BCUT2D eigenvalue weighted by Gasteiger charge is -2.13. The molecule has 9 heteroatoms. The van der Waals surface area contributed by atoms with Crippen LogP contribution in [0.2, 0.25) is 0 Å². The second-order valence-corrected chi connectivity index (χ2v) is 4.19. The summed E-state index contributed by atoms with van der Waals surface area (Å²) in [5.41, 5.74) is -0.411. The first-order valence-electron chi connectivity index (χ1n) is 6.34. The minimum Gasteiger partial charge on any atom is -0.487 e. The quantitative estimate of drug-likeness (QED) is 0.537. The molecule has 0 spiro atoms. The molecule has 0 aliphatic rings. The van der Waals surface area contributed by atoms with Gasteiger partial charge in [-0.25, -0.2) is 4.79 Å². The number of benzene rings is 1. The van der Waals surface area contributed by atoms with E-state index in [1.807, 2.05) is 0 Å². The Balaban J connectivity index is 3.00. The summed E-state index contributed by atoms with van der Waals surface area (Å²) in [6, 6.07) is 2.40. The third kappa shape index (κ3) is 4.42. The molecular formula is C13H16N2O7. The number of methoxy groups -OCH3 is 1. The first kappa shape index (κ1) is 17.4. The van der Waals surface area contributed by atoms with Crippen molar-refractivity contribution in [3.63, 3.8) is 0 Å². The zero-order chi connectivity index (χ0) is 16.7. The molecule has 0 aromatic heterocycles. The maximum Gasteiger partial charge on any atom is 0.328 e. The summed E-state index contributed by atoms with van der Waals surface area (Å²) in [4.78, 5) is 33.2. The van der Waals surface area contributed by atoms with Crippen LogP contribution in [0.25, 0.3) is 0 Å². The molecule has 1 aromatic carbocycles. The van der Waals surface area contributed by atoms with E-state index >= 15 is 0 Å². The van der Waals surface area contributed by atoms with Gasteiger partial charge in [-0.05, 0) is 19.1 Å². The Morgan fingerprint density at radius 1 is 1.45 bits per heavy atom. The van der Waals surface area contributed by atoms with Crippen LogP contribution in [0.5, 0.6) is 5.75 Å². The number of hydrogen-bond acceptors (Lipinski definition) is 6. The van der Waals surface area contributed by atoms with Crippen molar-refractivity contribution in [2.45, 2.75) is 13.0 Å². The topological polar surface area (TPSA) is 128 Å². The van der Waals surface area contributed by atoms with Crippen LogP contribution in [0, 0.1) is 10.1 Å². The number of nitro benzene ring substituents is 1. The summed E-state index contributed by atoms with van der Waals surface area (Å²) >= 11 is 0. The number of carbonyl (C=O) groups is 2. The number of rotatable bonds is 8.